The Bertz CT molecular complexity index is 933. The molecule has 3 heterocycles. The van der Waals surface area contributed by atoms with E-state index in [9.17, 15) is 14.4 Å². The summed E-state index contributed by atoms with van der Waals surface area (Å²) in [7, 11) is 2.11. The Morgan fingerprint density at radius 3 is 2.75 bits per heavy atom. The number of hydrogen-bond donors (Lipinski definition) is 1. The van der Waals surface area contributed by atoms with Crippen LogP contribution < -0.4 is 5.32 Å². The molecule has 3 atom stereocenters. The Morgan fingerprint density at radius 1 is 1.18 bits per heavy atom. The van der Waals surface area contributed by atoms with E-state index in [1.807, 2.05) is 24.3 Å². The van der Waals surface area contributed by atoms with Gasteiger partial charge in [-0.3, -0.25) is 24.7 Å². The Labute approximate surface area is 163 Å². The highest BCUT2D eigenvalue weighted by molar-refractivity contribution is 6.18. The number of nitrogens with zero attached hydrogens (tertiary/aromatic N) is 2. The second kappa shape index (κ2) is 6.21. The van der Waals surface area contributed by atoms with Crippen molar-refractivity contribution in [2.45, 2.75) is 19.3 Å². The minimum absolute atomic E-state index is 0.0597. The van der Waals surface area contributed by atoms with E-state index in [4.69, 9.17) is 4.99 Å². The lowest BCUT2D eigenvalue weighted by molar-refractivity contribution is -0.141. The molecule has 2 aliphatic carbocycles. The van der Waals surface area contributed by atoms with E-state index in [1.165, 1.54) is 0 Å². The topological polar surface area (TPSA) is 78.8 Å². The number of nitrogens with one attached hydrogen (secondary N) is 1. The van der Waals surface area contributed by atoms with Gasteiger partial charge in [0.25, 0.3) is 0 Å². The molecule has 2 saturated heterocycles. The maximum Gasteiger partial charge on any atom is 0.230 e. The maximum absolute atomic E-state index is 13.1. The second-order valence-electron chi connectivity index (χ2n) is 8.51. The summed E-state index contributed by atoms with van der Waals surface area (Å²) in [6, 6.07) is 0. The van der Waals surface area contributed by atoms with E-state index in [0.29, 0.717) is 12.3 Å². The number of ketones is 1. The summed E-state index contributed by atoms with van der Waals surface area (Å²) in [4.78, 5) is 44.6. The van der Waals surface area contributed by atoms with Crippen molar-refractivity contribution in [1.29, 1.82) is 0 Å². The average molecular weight is 377 g/mol. The lowest BCUT2D eigenvalue weighted by Gasteiger charge is -2.43. The fraction of sp³-hybridized carbons (Fsp3) is 0.455. The van der Waals surface area contributed by atoms with E-state index in [2.05, 4.69) is 23.3 Å². The molecular formula is C22H23N3O3. The number of carbonyl (C=O) groups excluding carboxylic acids is 3. The third-order valence-corrected chi connectivity index (χ3v) is 6.68. The van der Waals surface area contributed by atoms with Crippen LogP contribution in [-0.4, -0.2) is 48.3 Å². The van der Waals surface area contributed by atoms with Crippen LogP contribution in [0.1, 0.15) is 19.3 Å². The predicted molar refractivity (Wildman–Crippen MR) is 104 cm³/mol. The summed E-state index contributed by atoms with van der Waals surface area (Å²) in [5, 5.41) is 2.43. The monoisotopic (exact) mass is 377 g/mol. The zero-order valence-electron chi connectivity index (χ0n) is 15.9. The molecule has 0 aromatic carbocycles. The molecule has 5 aliphatic rings. The van der Waals surface area contributed by atoms with Crippen molar-refractivity contribution in [3.8, 4) is 0 Å². The predicted octanol–water partition coefficient (Wildman–Crippen LogP) is 1.57. The SMILES string of the molecule is CN1CC(CC2=C3C=CC=CC34C(=N2)C=CC(=O)C4C2CCC(=O)NC2=O)C1. The Balaban J connectivity index is 1.57. The van der Waals surface area contributed by atoms with Crippen LogP contribution in [0.5, 0.6) is 0 Å². The second-order valence-corrected chi connectivity index (χ2v) is 8.51. The van der Waals surface area contributed by atoms with Crippen molar-refractivity contribution in [2.75, 3.05) is 20.1 Å². The van der Waals surface area contributed by atoms with Crippen LogP contribution in [0.4, 0.5) is 0 Å². The number of likely N-dealkylation sites (tertiary alicyclic amines) is 1. The lowest BCUT2D eigenvalue weighted by Crippen LogP contribution is -2.53. The average Bonchev–Trinajstić information content (AvgIpc) is 2.96. The number of imide groups is 1. The molecule has 28 heavy (non-hydrogen) atoms. The lowest BCUT2D eigenvalue weighted by atomic mass is 9.57. The molecular weight excluding hydrogens is 354 g/mol. The number of carbonyl (C=O) groups is 3. The first-order valence-corrected chi connectivity index (χ1v) is 9.92. The molecule has 0 saturated carbocycles. The maximum atomic E-state index is 13.1. The summed E-state index contributed by atoms with van der Waals surface area (Å²) in [6.45, 7) is 2.11. The molecule has 2 fully saturated rings. The van der Waals surface area contributed by atoms with Gasteiger partial charge in [0.05, 0.1) is 23.0 Å². The fourth-order valence-corrected chi connectivity index (χ4v) is 5.47. The fourth-order valence-electron chi connectivity index (χ4n) is 5.47. The Morgan fingerprint density at radius 2 is 2.00 bits per heavy atom. The molecule has 3 unspecified atom stereocenters. The van der Waals surface area contributed by atoms with Gasteiger partial charge in [-0.05, 0) is 43.5 Å². The van der Waals surface area contributed by atoms with Gasteiger partial charge in [-0.1, -0.05) is 24.3 Å². The minimum Gasteiger partial charge on any atom is -0.306 e. The van der Waals surface area contributed by atoms with Crippen molar-refractivity contribution in [3.63, 3.8) is 0 Å². The molecule has 2 amide bonds. The van der Waals surface area contributed by atoms with E-state index in [1.54, 1.807) is 6.08 Å². The normalized spacial score (nSPS) is 34.9. The number of rotatable bonds is 3. The highest BCUT2D eigenvalue weighted by Gasteiger charge is 2.56. The highest BCUT2D eigenvalue weighted by atomic mass is 16.2. The number of aliphatic imine (C=N–C) groups is 1. The molecule has 6 heteroatoms. The van der Waals surface area contributed by atoms with Crippen LogP contribution in [-0.2, 0) is 14.4 Å². The summed E-state index contributed by atoms with van der Waals surface area (Å²) in [5.41, 5.74) is 2.24. The quantitative estimate of drug-likeness (QED) is 0.757. The van der Waals surface area contributed by atoms with Gasteiger partial charge in [0, 0.05) is 25.2 Å². The number of piperidine rings is 1. The van der Waals surface area contributed by atoms with Gasteiger partial charge in [-0.2, -0.15) is 0 Å². The third kappa shape index (κ3) is 2.44. The molecule has 0 aromatic heterocycles. The van der Waals surface area contributed by atoms with Crippen molar-refractivity contribution < 1.29 is 14.4 Å². The molecule has 5 rings (SSSR count). The Kier molecular flexibility index (Phi) is 3.88. The van der Waals surface area contributed by atoms with Gasteiger partial charge in [-0.25, -0.2) is 0 Å². The summed E-state index contributed by atoms with van der Waals surface area (Å²) in [6.07, 6.45) is 12.9. The van der Waals surface area contributed by atoms with Crippen LogP contribution in [0.15, 0.2) is 52.7 Å². The van der Waals surface area contributed by atoms with Gasteiger partial charge in [-0.15, -0.1) is 0 Å². The van der Waals surface area contributed by atoms with Crippen LogP contribution in [0.25, 0.3) is 0 Å². The molecule has 3 aliphatic heterocycles. The zero-order chi connectivity index (χ0) is 19.5. The molecule has 1 N–H and O–H groups in total. The van der Waals surface area contributed by atoms with Crippen LogP contribution in [0.3, 0.4) is 0 Å². The molecule has 0 aromatic rings. The van der Waals surface area contributed by atoms with Crippen molar-refractivity contribution in [1.82, 2.24) is 10.2 Å². The first-order chi connectivity index (χ1) is 13.5. The largest absolute Gasteiger partial charge is 0.306 e. The van der Waals surface area contributed by atoms with Crippen molar-refractivity contribution in [3.05, 3.63) is 47.7 Å². The van der Waals surface area contributed by atoms with Gasteiger partial charge < -0.3 is 4.90 Å². The zero-order valence-corrected chi connectivity index (χ0v) is 15.9. The van der Waals surface area contributed by atoms with Gasteiger partial charge >= 0.3 is 0 Å². The first kappa shape index (κ1) is 17.5. The van der Waals surface area contributed by atoms with Crippen molar-refractivity contribution in [2.24, 2.45) is 28.2 Å². The number of hydrogen-bond acceptors (Lipinski definition) is 5. The first-order valence-electron chi connectivity index (χ1n) is 9.92. The van der Waals surface area contributed by atoms with Gasteiger partial charge in [0.1, 0.15) is 0 Å². The third-order valence-electron chi connectivity index (χ3n) is 6.68. The smallest absolute Gasteiger partial charge is 0.230 e. The van der Waals surface area contributed by atoms with Gasteiger partial charge in [0.15, 0.2) is 5.78 Å². The van der Waals surface area contributed by atoms with E-state index < -0.39 is 17.3 Å². The Hall–Kier alpha value is -2.60. The van der Waals surface area contributed by atoms with Crippen LogP contribution >= 0.6 is 0 Å². The minimum atomic E-state index is -0.687. The standard InChI is InChI=1S/C22H23N3O3/c1-25-11-13(12-25)10-16-15-4-2-3-9-22(15)18(23-16)7-6-17(26)20(22)14-5-8-19(27)24-21(14)28/h2-4,6-7,9,13-14,20H,5,8,10-12H2,1H3,(H,24,27,28). The number of allylic oxidation sites excluding steroid dienone is 8. The summed E-state index contributed by atoms with van der Waals surface area (Å²) >= 11 is 0. The molecule has 0 bridgehead atoms. The van der Waals surface area contributed by atoms with E-state index in [-0.39, 0.29) is 24.0 Å². The summed E-state index contributed by atoms with van der Waals surface area (Å²) < 4.78 is 0. The van der Waals surface area contributed by atoms with Crippen LogP contribution in [0, 0.1) is 23.2 Å². The molecule has 144 valence electrons. The highest BCUT2D eigenvalue weighted by Crippen LogP contribution is 2.54. The molecule has 1 spiro atoms. The van der Waals surface area contributed by atoms with E-state index in [0.717, 1.165) is 36.5 Å². The van der Waals surface area contributed by atoms with Crippen LogP contribution in [0.2, 0.25) is 0 Å². The van der Waals surface area contributed by atoms with Gasteiger partial charge in [0.2, 0.25) is 11.8 Å². The molecule has 0 radical (unpaired) electrons. The van der Waals surface area contributed by atoms with E-state index >= 15 is 0 Å². The summed E-state index contributed by atoms with van der Waals surface area (Å²) in [5.74, 6) is -1.17. The van der Waals surface area contributed by atoms with Crippen molar-refractivity contribution >= 4 is 23.3 Å². The molecule has 6 nitrogen and oxygen atoms in total. The number of amides is 2.